The Morgan fingerprint density at radius 1 is 1.47 bits per heavy atom. The molecule has 1 N–H and O–H groups in total. The van der Waals surface area contributed by atoms with Crippen molar-refractivity contribution in [2.75, 3.05) is 17.8 Å². The fourth-order valence-corrected chi connectivity index (χ4v) is 1.92. The Balaban J connectivity index is 2.62. The lowest BCUT2D eigenvalue weighted by molar-refractivity contribution is -0.113. The predicted molar refractivity (Wildman–Crippen MR) is 76.2 cm³/mol. The third-order valence-electron chi connectivity index (χ3n) is 2.76. The SMILES string of the molecule is COc1ccc2c(C)c(NC(=O)CBr)c(=O)oc2c1. The van der Waals surface area contributed by atoms with Gasteiger partial charge >= 0.3 is 5.63 Å². The fraction of sp³-hybridized carbons (Fsp3) is 0.231. The summed E-state index contributed by atoms with van der Waals surface area (Å²) in [6.07, 6.45) is 0. The number of nitrogens with one attached hydrogen (secondary N) is 1. The summed E-state index contributed by atoms with van der Waals surface area (Å²) >= 11 is 3.03. The molecule has 5 nitrogen and oxygen atoms in total. The Morgan fingerprint density at radius 2 is 2.21 bits per heavy atom. The molecule has 100 valence electrons. The molecule has 0 aliphatic carbocycles. The van der Waals surface area contributed by atoms with Crippen molar-refractivity contribution in [1.29, 1.82) is 0 Å². The second-order valence-corrected chi connectivity index (χ2v) is 4.49. The number of amides is 1. The van der Waals surface area contributed by atoms with Crippen LogP contribution in [-0.2, 0) is 4.79 Å². The Labute approximate surface area is 117 Å². The Morgan fingerprint density at radius 3 is 2.84 bits per heavy atom. The molecule has 0 spiro atoms. The summed E-state index contributed by atoms with van der Waals surface area (Å²) in [7, 11) is 1.54. The zero-order valence-electron chi connectivity index (χ0n) is 10.5. The molecule has 1 amide bonds. The van der Waals surface area contributed by atoms with Crippen molar-refractivity contribution in [2.45, 2.75) is 6.92 Å². The molecule has 0 aliphatic rings. The van der Waals surface area contributed by atoms with Crippen molar-refractivity contribution in [3.63, 3.8) is 0 Å². The van der Waals surface area contributed by atoms with Crippen molar-refractivity contribution < 1.29 is 13.9 Å². The molecule has 6 heteroatoms. The number of methoxy groups -OCH3 is 1. The van der Waals surface area contributed by atoms with E-state index in [9.17, 15) is 9.59 Å². The van der Waals surface area contributed by atoms with Crippen LogP contribution in [0, 0.1) is 6.92 Å². The van der Waals surface area contributed by atoms with E-state index in [1.165, 1.54) is 7.11 Å². The number of carbonyl (C=O) groups excluding carboxylic acids is 1. The second-order valence-electron chi connectivity index (χ2n) is 3.93. The van der Waals surface area contributed by atoms with Gasteiger partial charge in [-0.2, -0.15) is 0 Å². The molecule has 1 heterocycles. The second kappa shape index (κ2) is 5.44. The van der Waals surface area contributed by atoms with Gasteiger partial charge in [-0.1, -0.05) is 15.9 Å². The normalized spacial score (nSPS) is 10.5. The van der Waals surface area contributed by atoms with Gasteiger partial charge in [0, 0.05) is 11.5 Å². The average molecular weight is 326 g/mol. The number of aryl methyl sites for hydroxylation is 1. The molecule has 0 radical (unpaired) electrons. The molecular formula is C13H12BrNO4. The lowest BCUT2D eigenvalue weighted by atomic mass is 10.1. The summed E-state index contributed by atoms with van der Waals surface area (Å²) < 4.78 is 10.3. The van der Waals surface area contributed by atoms with Crippen LogP contribution in [-0.4, -0.2) is 18.3 Å². The highest BCUT2D eigenvalue weighted by Gasteiger charge is 2.13. The molecule has 1 aromatic heterocycles. The lowest BCUT2D eigenvalue weighted by Gasteiger charge is -2.09. The molecule has 0 saturated heterocycles. The minimum Gasteiger partial charge on any atom is -0.497 e. The van der Waals surface area contributed by atoms with Gasteiger partial charge < -0.3 is 14.5 Å². The molecule has 0 saturated carbocycles. The fourth-order valence-electron chi connectivity index (χ4n) is 1.78. The standard InChI is InChI=1S/C13H12BrNO4/c1-7-9-4-3-8(18-2)5-10(9)19-13(17)12(7)15-11(16)6-14/h3-5H,6H2,1-2H3,(H,15,16). The number of hydrogen-bond donors (Lipinski definition) is 1. The summed E-state index contributed by atoms with van der Waals surface area (Å²) in [6, 6.07) is 5.20. The zero-order chi connectivity index (χ0) is 14.0. The van der Waals surface area contributed by atoms with E-state index in [-0.39, 0.29) is 16.9 Å². The smallest absolute Gasteiger partial charge is 0.360 e. The van der Waals surface area contributed by atoms with E-state index in [1.807, 2.05) is 0 Å². The summed E-state index contributed by atoms with van der Waals surface area (Å²) in [5.41, 5.74) is 0.691. The number of halogens is 1. The van der Waals surface area contributed by atoms with Gasteiger partial charge in [-0.05, 0) is 24.6 Å². The number of fused-ring (bicyclic) bond motifs is 1. The van der Waals surface area contributed by atoms with Crippen molar-refractivity contribution in [2.24, 2.45) is 0 Å². The largest absolute Gasteiger partial charge is 0.497 e. The number of alkyl halides is 1. The van der Waals surface area contributed by atoms with Gasteiger partial charge in [0.25, 0.3) is 0 Å². The minimum absolute atomic E-state index is 0.118. The van der Waals surface area contributed by atoms with Gasteiger partial charge in [0.2, 0.25) is 5.91 Å². The maximum Gasteiger partial charge on any atom is 0.360 e. The quantitative estimate of drug-likeness (QED) is 0.695. The van der Waals surface area contributed by atoms with Crippen LogP contribution in [0.4, 0.5) is 5.69 Å². The van der Waals surface area contributed by atoms with Gasteiger partial charge in [0.15, 0.2) is 0 Å². The zero-order valence-corrected chi connectivity index (χ0v) is 12.0. The average Bonchev–Trinajstić information content (AvgIpc) is 2.42. The van der Waals surface area contributed by atoms with Crippen molar-refractivity contribution >= 4 is 38.5 Å². The first kappa shape index (κ1) is 13.6. The van der Waals surface area contributed by atoms with Crippen molar-refractivity contribution in [3.8, 4) is 5.75 Å². The first-order valence-electron chi connectivity index (χ1n) is 5.54. The maximum absolute atomic E-state index is 11.9. The maximum atomic E-state index is 11.9. The molecule has 0 fully saturated rings. The first-order chi connectivity index (χ1) is 9.06. The summed E-state index contributed by atoms with van der Waals surface area (Å²) in [4.78, 5) is 23.2. The topological polar surface area (TPSA) is 68.5 Å². The molecule has 0 unspecified atom stereocenters. The van der Waals surface area contributed by atoms with Crippen LogP contribution in [0.5, 0.6) is 5.75 Å². The van der Waals surface area contributed by atoms with Crippen LogP contribution >= 0.6 is 15.9 Å². The molecular weight excluding hydrogens is 314 g/mol. The molecule has 2 rings (SSSR count). The van der Waals surface area contributed by atoms with E-state index in [0.29, 0.717) is 16.9 Å². The van der Waals surface area contributed by atoms with Crippen LogP contribution in [0.1, 0.15) is 5.56 Å². The van der Waals surface area contributed by atoms with Crippen LogP contribution in [0.25, 0.3) is 11.0 Å². The number of rotatable bonds is 3. The van der Waals surface area contributed by atoms with Gasteiger partial charge in [-0.3, -0.25) is 4.79 Å². The Kier molecular flexibility index (Phi) is 3.90. The predicted octanol–water partition coefficient (Wildman–Crippen LogP) is 2.44. The van der Waals surface area contributed by atoms with Crippen molar-refractivity contribution in [3.05, 3.63) is 34.2 Å². The number of carbonyl (C=O) groups is 1. The summed E-state index contributed by atoms with van der Waals surface area (Å²) in [5.74, 6) is 0.301. The van der Waals surface area contributed by atoms with Crippen LogP contribution in [0.15, 0.2) is 27.4 Å². The molecule has 0 atom stereocenters. The van der Waals surface area contributed by atoms with Crippen LogP contribution in [0.2, 0.25) is 0 Å². The minimum atomic E-state index is -0.576. The number of benzene rings is 1. The van der Waals surface area contributed by atoms with E-state index in [1.54, 1.807) is 25.1 Å². The Hall–Kier alpha value is -1.82. The molecule has 2 aromatic rings. The van der Waals surface area contributed by atoms with E-state index >= 15 is 0 Å². The van der Waals surface area contributed by atoms with Crippen LogP contribution < -0.4 is 15.7 Å². The van der Waals surface area contributed by atoms with Gasteiger partial charge in [0.1, 0.15) is 17.0 Å². The van der Waals surface area contributed by atoms with Gasteiger partial charge in [-0.15, -0.1) is 0 Å². The third kappa shape index (κ3) is 2.63. The highest BCUT2D eigenvalue weighted by molar-refractivity contribution is 9.09. The molecule has 19 heavy (non-hydrogen) atoms. The number of anilines is 1. The monoisotopic (exact) mass is 325 g/mol. The van der Waals surface area contributed by atoms with Crippen LogP contribution in [0.3, 0.4) is 0 Å². The summed E-state index contributed by atoms with van der Waals surface area (Å²) in [6.45, 7) is 1.76. The van der Waals surface area contributed by atoms with E-state index in [0.717, 1.165) is 5.39 Å². The molecule has 0 aliphatic heterocycles. The third-order valence-corrected chi connectivity index (χ3v) is 3.27. The van der Waals surface area contributed by atoms with E-state index in [2.05, 4.69) is 21.2 Å². The lowest BCUT2D eigenvalue weighted by Crippen LogP contribution is -2.19. The van der Waals surface area contributed by atoms with E-state index in [4.69, 9.17) is 9.15 Å². The number of ether oxygens (including phenoxy) is 1. The highest BCUT2D eigenvalue weighted by Crippen LogP contribution is 2.25. The summed E-state index contributed by atoms with van der Waals surface area (Å²) in [5, 5.41) is 3.40. The molecule has 1 aromatic carbocycles. The van der Waals surface area contributed by atoms with E-state index < -0.39 is 5.63 Å². The Bertz CT molecular complexity index is 693. The van der Waals surface area contributed by atoms with Gasteiger partial charge in [0.05, 0.1) is 12.4 Å². The first-order valence-corrected chi connectivity index (χ1v) is 6.66. The van der Waals surface area contributed by atoms with Crippen molar-refractivity contribution in [1.82, 2.24) is 0 Å². The highest BCUT2D eigenvalue weighted by atomic mass is 79.9. The number of hydrogen-bond acceptors (Lipinski definition) is 4. The molecule has 0 bridgehead atoms. The van der Waals surface area contributed by atoms with Gasteiger partial charge in [-0.25, -0.2) is 4.79 Å².